The van der Waals surface area contributed by atoms with Crippen LogP contribution in [0.3, 0.4) is 0 Å². The summed E-state index contributed by atoms with van der Waals surface area (Å²) in [5, 5.41) is 2.84. The molecule has 6 heteroatoms. The lowest BCUT2D eigenvalue weighted by molar-refractivity contribution is -0.138. The van der Waals surface area contributed by atoms with Crippen molar-refractivity contribution in [3.8, 4) is 0 Å². The van der Waals surface area contributed by atoms with Crippen molar-refractivity contribution in [3.63, 3.8) is 0 Å². The van der Waals surface area contributed by atoms with E-state index in [-0.39, 0.29) is 11.8 Å². The first-order valence-electron chi connectivity index (χ1n) is 8.47. The van der Waals surface area contributed by atoms with Crippen molar-refractivity contribution in [1.82, 2.24) is 15.1 Å². The Morgan fingerprint density at radius 3 is 2.41 bits per heavy atom. The summed E-state index contributed by atoms with van der Waals surface area (Å²) in [6, 6.07) is 0. The Bertz CT molecular complexity index is 362. The van der Waals surface area contributed by atoms with Gasteiger partial charge in [0.15, 0.2) is 0 Å². The highest BCUT2D eigenvalue weighted by atomic mass is 16.5. The van der Waals surface area contributed by atoms with Gasteiger partial charge in [0.1, 0.15) is 0 Å². The topological polar surface area (TPSA) is 61.9 Å². The van der Waals surface area contributed by atoms with Gasteiger partial charge in [0, 0.05) is 32.7 Å². The molecule has 1 N–H and O–H groups in total. The molecule has 0 atom stereocenters. The van der Waals surface area contributed by atoms with E-state index in [1.54, 1.807) is 7.11 Å². The van der Waals surface area contributed by atoms with E-state index >= 15 is 0 Å². The lowest BCUT2D eigenvalue weighted by atomic mass is 9.94. The van der Waals surface area contributed by atoms with Crippen LogP contribution in [0.5, 0.6) is 0 Å². The summed E-state index contributed by atoms with van der Waals surface area (Å²) in [4.78, 5) is 28.4. The molecule has 0 aromatic carbocycles. The van der Waals surface area contributed by atoms with Crippen LogP contribution in [0.25, 0.3) is 0 Å². The van der Waals surface area contributed by atoms with Crippen molar-refractivity contribution in [2.75, 3.05) is 53.0 Å². The van der Waals surface area contributed by atoms with Gasteiger partial charge in [-0.15, -0.1) is 0 Å². The molecule has 0 radical (unpaired) electrons. The number of methoxy groups -OCH3 is 1. The van der Waals surface area contributed by atoms with Crippen molar-refractivity contribution in [3.05, 3.63) is 0 Å². The van der Waals surface area contributed by atoms with Gasteiger partial charge < -0.3 is 15.0 Å². The molecule has 0 aromatic rings. The van der Waals surface area contributed by atoms with E-state index in [4.69, 9.17) is 4.74 Å². The number of nitrogens with one attached hydrogen (secondary N) is 1. The fraction of sp³-hybridized carbons (Fsp3) is 0.875. The van der Waals surface area contributed by atoms with Crippen LogP contribution >= 0.6 is 0 Å². The molecule has 2 fully saturated rings. The fourth-order valence-electron chi connectivity index (χ4n) is 3.26. The predicted molar refractivity (Wildman–Crippen MR) is 84.5 cm³/mol. The molecule has 0 saturated carbocycles. The zero-order chi connectivity index (χ0) is 15.8. The number of carbonyl (C=O) groups excluding carboxylic acids is 2. The normalized spacial score (nSPS) is 20.9. The van der Waals surface area contributed by atoms with E-state index in [1.807, 2.05) is 4.90 Å². The second kappa shape index (κ2) is 9.10. The molecule has 0 aliphatic carbocycles. The number of ether oxygens (including phenoxy) is 1. The van der Waals surface area contributed by atoms with E-state index in [9.17, 15) is 9.59 Å². The van der Waals surface area contributed by atoms with Crippen molar-refractivity contribution in [2.45, 2.75) is 32.1 Å². The number of hydrogen-bond acceptors (Lipinski definition) is 4. The number of rotatable bonds is 6. The summed E-state index contributed by atoms with van der Waals surface area (Å²) >= 11 is 0. The van der Waals surface area contributed by atoms with Gasteiger partial charge in [-0.25, -0.2) is 0 Å². The molecule has 2 saturated heterocycles. The lowest BCUT2D eigenvalue weighted by Crippen LogP contribution is -2.46. The van der Waals surface area contributed by atoms with Crippen molar-refractivity contribution < 1.29 is 14.3 Å². The predicted octanol–water partition coefficient (Wildman–Crippen LogP) is 0.474. The Morgan fingerprint density at radius 1 is 1.09 bits per heavy atom. The van der Waals surface area contributed by atoms with Gasteiger partial charge in [-0.3, -0.25) is 14.5 Å². The van der Waals surface area contributed by atoms with Crippen LogP contribution in [0.15, 0.2) is 0 Å². The largest absolute Gasteiger partial charge is 0.383 e. The molecule has 0 aromatic heterocycles. The first kappa shape index (κ1) is 17.2. The highest BCUT2D eigenvalue weighted by Crippen LogP contribution is 2.21. The Labute approximate surface area is 133 Å². The third-order valence-electron chi connectivity index (χ3n) is 4.60. The molecule has 2 rings (SSSR count). The number of hydrogen-bond donors (Lipinski definition) is 1. The average molecular weight is 311 g/mol. The van der Waals surface area contributed by atoms with Gasteiger partial charge in [-0.05, 0) is 45.2 Å². The zero-order valence-electron chi connectivity index (χ0n) is 13.7. The van der Waals surface area contributed by atoms with E-state index in [2.05, 4.69) is 10.2 Å². The van der Waals surface area contributed by atoms with E-state index < -0.39 is 0 Å². The molecule has 6 nitrogen and oxygen atoms in total. The second-order valence-corrected chi connectivity index (χ2v) is 6.28. The SMILES string of the molecule is COCCNC(=O)CN1CCC(C(=O)N2CCCCC2)CC1. The minimum absolute atomic E-state index is 0.0397. The number of carbonyl (C=O) groups is 2. The maximum atomic E-state index is 12.5. The first-order valence-corrected chi connectivity index (χ1v) is 8.47. The summed E-state index contributed by atoms with van der Waals surface area (Å²) < 4.78 is 4.91. The zero-order valence-corrected chi connectivity index (χ0v) is 13.7. The Hall–Kier alpha value is -1.14. The smallest absolute Gasteiger partial charge is 0.234 e. The van der Waals surface area contributed by atoms with Gasteiger partial charge >= 0.3 is 0 Å². The maximum Gasteiger partial charge on any atom is 0.234 e. The Morgan fingerprint density at radius 2 is 1.77 bits per heavy atom. The van der Waals surface area contributed by atoms with Crippen LogP contribution in [0.1, 0.15) is 32.1 Å². The summed E-state index contributed by atoms with van der Waals surface area (Å²) in [6.07, 6.45) is 5.29. The third kappa shape index (κ3) is 5.25. The summed E-state index contributed by atoms with van der Waals surface area (Å²) in [7, 11) is 1.62. The van der Waals surface area contributed by atoms with Crippen molar-refractivity contribution >= 4 is 11.8 Å². The van der Waals surface area contributed by atoms with Crippen molar-refractivity contribution in [2.24, 2.45) is 5.92 Å². The molecule has 0 unspecified atom stereocenters. The number of nitrogens with zero attached hydrogens (tertiary/aromatic N) is 2. The average Bonchev–Trinajstić information content (AvgIpc) is 2.56. The number of amides is 2. The summed E-state index contributed by atoms with van der Waals surface area (Å²) in [5.41, 5.74) is 0. The minimum atomic E-state index is 0.0397. The summed E-state index contributed by atoms with van der Waals surface area (Å²) in [6.45, 7) is 5.05. The van der Waals surface area contributed by atoms with E-state index in [1.165, 1.54) is 6.42 Å². The van der Waals surface area contributed by atoms with Crippen LogP contribution in [0.2, 0.25) is 0 Å². The molecular formula is C16H29N3O3. The van der Waals surface area contributed by atoms with Gasteiger partial charge in [0.25, 0.3) is 0 Å². The molecule has 0 bridgehead atoms. The van der Waals surface area contributed by atoms with Gasteiger partial charge in [0.2, 0.25) is 11.8 Å². The van der Waals surface area contributed by atoms with Gasteiger partial charge in [-0.1, -0.05) is 0 Å². The molecule has 2 amide bonds. The summed E-state index contributed by atoms with van der Waals surface area (Å²) in [5.74, 6) is 0.535. The van der Waals surface area contributed by atoms with Crippen LogP contribution in [0.4, 0.5) is 0 Å². The fourth-order valence-corrected chi connectivity index (χ4v) is 3.26. The molecule has 2 heterocycles. The molecule has 22 heavy (non-hydrogen) atoms. The molecule has 2 aliphatic rings. The highest BCUT2D eigenvalue weighted by Gasteiger charge is 2.29. The molecule has 2 aliphatic heterocycles. The number of piperidine rings is 2. The van der Waals surface area contributed by atoms with Crippen LogP contribution in [-0.2, 0) is 14.3 Å². The monoisotopic (exact) mass is 311 g/mol. The maximum absolute atomic E-state index is 12.5. The molecule has 126 valence electrons. The van der Waals surface area contributed by atoms with E-state index in [0.29, 0.717) is 25.6 Å². The van der Waals surface area contributed by atoms with Gasteiger partial charge in [0.05, 0.1) is 13.2 Å². The van der Waals surface area contributed by atoms with Gasteiger partial charge in [-0.2, -0.15) is 0 Å². The van der Waals surface area contributed by atoms with Crippen LogP contribution < -0.4 is 5.32 Å². The molecule has 0 spiro atoms. The van der Waals surface area contributed by atoms with Crippen LogP contribution in [0, 0.1) is 5.92 Å². The molecular weight excluding hydrogens is 282 g/mol. The standard InChI is InChI=1S/C16H29N3O3/c1-22-12-7-17-15(20)13-18-10-5-14(6-11-18)16(21)19-8-3-2-4-9-19/h14H,2-13H2,1H3,(H,17,20). The number of likely N-dealkylation sites (tertiary alicyclic amines) is 2. The second-order valence-electron chi connectivity index (χ2n) is 6.28. The third-order valence-corrected chi connectivity index (χ3v) is 4.60. The first-order chi connectivity index (χ1) is 10.7. The van der Waals surface area contributed by atoms with Crippen LogP contribution in [-0.4, -0.2) is 74.6 Å². The Balaban J connectivity index is 1.66. The lowest BCUT2D eigenvalue weighted by Gasteiger charge is -2.35. The van der Waals surface area contributed by atoms with Crippen molar-refractivity contribution in [1.29, 1.82) is 0 Å². The van der Waals surface area contributed by atoms with E-state index in [0.717, 1.165) is 51.9 Å². The highest BCUT2D eigenvalue weighted by molar-refractivity contribution is 5.79. The minimum Gasteiger partial charge on any atom is -0.383 e. The Kier molecular flexibility index (Phi) is 7.12. The quantitative estimate of drug-likeness (QED) is 0.725.